The van der Waals surface area contributed by atoms with Gasteiger partial charge in [0.05, 0.1) is 11.0 Å². The fourth-order valence-corrected chi connectivity index (χ4v) is 2.67. The topological polar surface area (TPSA) is 54.4 Å². The molecule has 0 amide bonds. The van der Waals surface area contributed by atoms with Crippen LogP contribution in [0.15, 0.2) is 46.7 Å². The van der Waals surface area contributed by atoms with E-state index in [2.05, 4.69) is 15.9 Å². The number of aliphatic hydroxyl groups is 1. The molecule has 0 bridgehead atoms. The zero-order chi connectivity index (χ0) is 12.7. The van der Waals surface area contributed by atoms with E-state index in [1.165, 1.54) is 18.2 Å². The van der Waals surface area contributed by atoms with E-state index in [1.807, 2.05) is 0 Å². The average Bonchev–Trinajstić information content (AvgIpc) is 2.35. The van der Waals surface area contributed by atoms with Crippen LogP contribution in [0.4, 0.5) is 0 Å². The number of hydrogen-bond acceptors (Lipinski definition) is 3. The van der Waals surface area contributed by atoms with Crippen LogP contribution in [0.2, 0.25) is 0 Å². The monoisotopic (exact) mass is 318 g/mol. The zero-order valence-corrected chi connectivity index (χ0v) is 11.7. The highest BCUT2D eigenvalue weighted by Crippen LogP contribution is 2.12. The Balaban J connectivity index is 2.71. The minimum atomic E-state index is -3.43. The summed E-state index contributed by atoms with van der Waals surface area (Å²) in [7, 11) is -3.43. The first kappa shape index (κ1) is 14.4. The van der Waals surface area contributed by atoms with Crippen molar-refractivity contribution in [1.29, 1.82) is 0 Å². The molecule has 0 fully saturated rings. The third kappa shape index (κ3) is 5.02. The molecular formula is C12H15BrO3S. The number of aliphatic hydroxyl groups excluding tert-OH is 1. The van der Waals surface area contributed by atoms with Crippen LogP contribution >= 0.6 is 15.9 Å². The van der Waals surface area contributed by atoms with Crippen LogP contribution in [0.5, 0.6) is 0 Å². The fourth-order valence-electron chi connectivity index (χ4n) is 1.27. The van der Waals surface area contributed by atoms with Gasteiger partial charge in [-0.25, -0.2) is 8.42 Å². The standard InChI is InChI=1S/C12H15BrO3S/c13-9-4-5-11(14)8-10-17(15,16)12-6-2-1-3-7-12/h1-3,6-8,10-11,14H,4-5,9H2/b10-8+. The van der Waals surface area contributed by atoms with Crippen molar-refractivity contribution < 1.29 is 13.5 Å². The van der Waals surface area contributed by atoms with Crippen molar-refractivity contribution in [3.63, 3.8) is 0 Å². The maximum atomic E-state index is 11.8. The second kappa shape index (κ2) is 6.93. The number of benzene rings is 1. The van der Waals surface area contributed by atoms with E-state index < -0.39 is 15.9 Å². The van der Waals surface area contributed by atoms with Gasteiger partial charge in [0, 0.05) is 10.7 Å². The Morgan fingerprint density at radius 2 is 1.94 bits per heavy atom. The molecule has 5 heteroatoms. The second-order valence-electron chi connectivity index (χ2n) is 3.59. The van der Waals surface area contributed by atoms with E-state index >= 15 is 0 Å². The number of rotatable bonds is 6. The van der Waals surface area contributed by atoms with Gasteiger partial charge in [-0.1, -0.05) is 34.1 Å². The number of alkyl halides is 1. The molecule has 0 saturated carbocycles. The van der Waals surface area contributed by atoms with Gasteiger partial charge in [0.25, 0.3) is 0 Å². The Morgan fingerprint density at radius 1 is 1.29 bits per heavy atom. The molecule has 0 aliphatic heterocycles. The normalized spacial score (nSPS) is 14.0. The molecular weight excluding hydrogens is 304 g/mol. The van der Waals surface area contributed by atoms with E-state index in [0.29, 0.717) is 6.42 Å². The minimum absolute atomic E-state index is 0.240. The summed E-state index contributed by atoms with van der Waals surface area (Å²) in [4.78, 5) is 0.240. The van der Waals surface area contributed by atoms with Crippen molar-refractivity contribution in [2.45, 2.75) is 23.8 Å². The first-order valence-corrected chi connectivity index (χ1v) is 7.95. The molecule has 1 aromatic carbocycles. The molecule has 17 heavy (non-hydrogen) atoms. The molecule has 0 aliphatic rings. The summed E-state index contributed by atoms with van der Waals surface area (Å²) in [6.07, 6.45) is 1.96. The summed E-state index contributed by atoms with van der Waals surface area (Å²) < 4.78 is 23.6. The van der Waals surface area contributed by atoms with Gasteiger partial charge in [-0.15, -0.1) is 0 Å². The summed E-state index contributed by atoms with van der Waals surface area (Å²) in [5, 5.41) is 11.4. The first-order chi connectivity index (χ1) is 8.06. The van der Waals surface area contributed by atoms with E-state index in [4.69, 9.17) is 0 Å². The number of halogens is 1. The van der Waals surface area contributed by atoms with Crippen molar-refractivity contribution >= 4 is 25.8 Å². The quantitative estimate of drug-likeness (QED) is 0.820. The summed E-state index contributed by atoms with van der Waals surface area (Å²) in [6, 6.07) is 8.16. The molecule has 0 saturated heterocycles. The molecule has 0 aromatic heterocycles. The third-order valence-electron chi connectivity index (χ3n) is 2.19. The SMILES string of the molecule is O=S(=O)(/C=C/C(O)CCCBr)c1ccccc1. The number of sulfone groups is 1. The van der Waals surface area contributed by atoms with Crippen molar-refractivity contribution in [3.8, 4) is 0 Å². The molecule has 0 aliphatic carbocycles. The Bertz CT molecular complexity index is 454. The molecule has 3 nitrogen and oxygen atoms in total. The van der Waals surface area contributed by atoms with Gasteiger partial charge in [-0.05, 0) is 31.1 Å². The van der Waals surface area contributed by atoms with Crippen LogP contribution < -0.4 is 0 Å². The molecule has 94 valence electrons. The maximum absolute atomic E-state index is 11.8. The van der Waals surface area contributed by atoms with Crippen LogP contribution in [0, 0.1) is 0 Å². The van der Waals surface area contributed by atoms with E-state index in [9.17, 15) is 13.5 Å². The highest BCUT2D eigenvalue weighted by molar-refractivity contribution is 9.09. The van der Waals surface area contributed by atoms with Crippen molar-refractivity contribution in [2.24, 2.45) is 0 Å². The Hall–Kier alpha value is -0.650. The molecule has 1 unspecified atom stereocenters. The summed E-state index contributed by atoms with van der Waals surface area (Å²) in [5.74, 6) is 0. The lowest BCUT2D eigenvalue weighted by Gasteiger charge is -2.03. The van der Waals surface area contributed by atoms with Gasteiger partial charge >= 0.3 is 0 Å². The largest absolute Gasteiger partial charge is 0.389 e. The molecule has 0 heterocycles. The molecule has 1 rings (SSSR count). The van der Waals surface area contributed by atoms with E-state index in [0.717, 1.165) is 17.2 Å². The summed E-state index contributed by atoms with van der Waals surface area (Å²) in [5.41, 5.74) is 0. The van der Waals surface area contributed by atoms with Crippen LogP contribution in [-0.2, 0) is 9.84 Å². The zero-order valence-electron chi connectivity index (χ0n) is 9.29. The smallest absolute Gasteiger partial charge is 0.199 e. The van der Waals surface area contributed by atoms with Gasteiger partial charge in [0.15, 0.2) is 9.84 Å². The Kier molecular flexibility index (Phi) is 5.88. The van der Waals surface area contributed by atoms with Gasteiger partial charge in [-0.3, -0.25) is 0 Å². The lowest BCUT2D eigenvalue weighted by atomic mass is 10.2. The summed E-state index contributed by atoms with van der Waals surface area (Å²) >= 11 is 3.25. The second-order valence-corrected chi connectivity index (χ2v) is 6.21. The predicted molar refractivity (Wildman–Crippen MR) is 71.8 cm³/mol. The van der Waals surface area contributed by atoms with Crippen molar-refractivity contribution in [2.75, 3.05) is 5.33 Å². The van der Waals surface area contributed by atoms with Gasteiger partial charge in [0.2, 0.25) is 0 Å². The highest BCUT2D eigenvalue weighted by Gasteiger charge is 2.09. The molecule has 1 atom stereocenters. The van der Waals surface area contributed by atoms with Gasteiger partial charge in [-0.2, -0.15) is 0 Å². The van der Waals surface area contributed by atoms with Crippen LogP contribution in [-0.4, -0.2) is 25.0 Å². The van der Waals surface area contributed by atoms with E-state index in [-0.39, 0.29) is 4.90 Å². The molecule has 1 N–H and O–H groups in total. The lowest BCUT2D eigenvalue weighted by Crippen LogP contribution is -2.04. The van der Waals surface area contributed by atoms with Gasteiger partial charge < -0.3 is 5.11 Å². The van der Waals surface area contributed by atoms with E-state index in [1.54, 1.807) is 18.2 Å². The Morgan fingerprint density at radius 3 is 2.53 bits per heavy atom. The van der Waals surface area contributed by atoms with Crippen molar-refractivity contribution in [1.82, 2.24) is 0 Å². The fraction of sp³-hybridized carbons (Fsp3) is 0.333. The minimum Gasteiger partial charge on any atom is -0.389 e. The molecule has 1 aromatic rings. The highest BCUT2D eigenvalue weighted by atomic mass is 79.9. The first-order valence-electron chi connectivity index (χ1n) is 5.28. The lowest BCUT2D eigenvalue weighted by molar-refractivity contribution is 0.212. The van der Waals surface area contributed by atoms with Crippen molar-refractivity contribution in [3.05, 3.63) is 41.8 Å². The maximum Gasteiger partial charge on any atom is 0.199 e. The third-order valence-corrected chi connectivity index (χ3v) is 4.19. The average molecular weight is 319 g/mol. The predicted octanol–water partition coefficient (Wildman–Crippen LogP) is 2.51. The van der Waals surface area contributed by atoms with Crippen LogP contribution in [0.25, 0.3) is 0 Å². The molecule has 0 spiro atoms. The van der Waals surface area contributed by atoms with Crippen LogP contribution in [0.3, 0.4) is 0 Å². The number of hydrogen-bond donors (Lipinski definition) is 1. The Labute approximate surface area is 110 Å². The molecule has 0 radical (unpaired) electrons. The van der Waals surface area contributed by atoms with Crippen LogP contribution in [0.1, 0.15) is 12.8 Å². The van der Waals surface area contributed by atoms with Gasteiger partial charge in [0.1, 0.15) is 0 Å². The summed E-state index contributed by atoms with van der Waals surface area (Å²) in [6.45, 7) is 0.